The zero-order valence-corrected chi connectivity index (χ0v) is 18.9. The fraction of sp³-hybridized carbons (Fsp3) is 0.238. The first-order valence-electron chi connectivity index (χ1n) is 9.22. The summed E-state index contributed by atoms with van der Waals surface area (Å²) in [6.07, 6.45) is 4.96. The summed E-state index contributed by atoms with van der Waals surface area (Å²) in [6, 6.07) is 9.72. The average molecular weight is 460 g/mol. The number of thiazole rings is 1. The second-order valence-electron chi connectivity index (χ2n) is 6.34. The van der Waals surface area contributed by atoms with Crippen LogP contribution in [0.4, 0.5) is 5.69 Å². The maximum Gasteiger partial charge on any atom is 0.272 e. The van der Waals surface area contributed by atoms with Crippen LogP contribution in [0.3, 0.4) is 0 Å². The molecular weight excluding hydrogens is 438 g/mol. The molecular formula is C21H21N3O5S2. The number of methoxy groups -OCH3 is 2. The van der Waals surface area contributed by atoms with Gasteiger partial charge in [0.25, 0.3) is 11.6 Å². The number of non-ortho nitro benzene ring substituents is 1. The van der Waals surface area contributed by atoms with Crippen molar-refractivity contribution < 1.29 is 19.2 Å². The highest BCUT2D eigenvalue weighted by Gasteiger charge is 2.13. The molecule has 0 bridgehead atoms. The first-order valence-corrected chi connectivity index (χ1v) is 11.4. The van der Waals surface area contributed by atoms with Gasteiger partial charge in [-0.1, -0.05) is 11.3 Å². The molecule has 1 amide bonds. The summed E-state index contributed by atoms with van der Waals surface area (Å²) in [7, 11) is 3.16. The van der Waals surface area contributed by atoms with E-state index < -0.39 is 10.8 Å². The Balaban J connectivity index is 1.97. The lowest BCUT2D eigenvalue weighted by atomic mass is 10.2. The van der Waals surface area contributed by atoms with Crippen LogP contribution in [0.1, 0.15) is 5.56 Å². The molecule has 31 heavy (non-hydrogen) atoms. The van der Waals surface area contributed by atoms with Crippen molar-refractivity contribution >= 4 is 51.0 Å². The van der Waals surface area contributed by atoms with Crippen LogP contribution in [0.15, 0.2) is 47.5 Å². The summed E-state index contributed by atoms with van der Waals surface area (Å²) in [6.45, 7) is 0.689. The Kier molecular flexibility index (Phi) is 7.48. The average Bonchev–Trinajstić information content (AvgIpc) is 3.10. The van der Waals surface area contributed by atoms with Crippen LogP contribution in [0.2, 0.25) is 0 Å². The normalized spacial score (nSPS) is 11.9. The van der Waals surface area contributed by atoms with Gasteiger partial charge in [0.1, 0.15) is 0 Å². The quantitative estimate of drug-likeness (QED) is 0.285. The van der Waals surface area contributed by atoms with Crippen LogP contribution in [0.25, 0.3) is 16.3 Å². The van der Waals surface area contributed by atoms with Gasteiger partial charge in [0.2, 0.25) is 0 Å². The third kappa shape index (κ3) is 5.33. The molecule has 0 saturated heterocycles. The van der Waals surface area contributed by atoms with Gasteiger partial charge in [-0.05, 0) is 30.0 Å². The second kappa shape index (κ2) is 10.3. The van der Waals surface area contributed by atoms with Crippen molar-refractivity contribution in [1.82, 2.24) is 4.57 Å². The maximum absolute atomic E-state index is 12.5. The molecule has 0 aliphatic heterocycles. The van der Waals surface area contributed by atoms with Crippen LogP contribution >= 0.6 is 23.1 Å². The van der Waals surface area contributed by atoms with Gasteiger partial charge in [-0.15, -0.1) is 0 Å². The predicted molar refractivity (Wildman–Crippen MR) is 124 cm³/mol. The van der Waals surface area contributed by atoms with Crippen LogP contribution in [-0.4, -0.2) is 41.6 Å². The Bertz CT molecular complexity index is 1200. The number of ether oxygens (including phenoxy) is 2. The van der Waals surface area contributed by atoms with Gasteiger partial charge in [-0.2, -0.15) is 16.8 Å². The van der Waals surface area contributed by atoms with E-state index in [1.807, 2.05) is 23.0 Å². The number of hydrogen-bond donors (Lipinski definition) is 0. The lowest BCUT2D eigenvalue weighted by Gasteiger charge is -2.09. The Morgan fingerprint density at radius 1 is 1.23 bits per heavy atom. The van der Waals surface area contributed by atoms with E-state index >= 15 is 0 Å². The number of aryl methyl sites for hydroxylation is 1. The van der Waals surface area contributed by atoms with Crippen LogP contribution in [-0.2, 0) is 11.3 Å². The van der Waals surface area contributed by atoms with Gasteiger partial charge in [-0.25, -0.2) is 0 Å². The van der Waals surface area contributed by atoms with E-state index in [4.69, 9.17) is 9.47 Å². The molecule has 0 fully saturated rings. The smallest absolute Gasteiger partial charge is 0.272 e. The summed E-state index contributed by atoms with van der Waals surface area (Å²) in [5.41, 5.74) is 1.59. The lowest BCUT2D eigenvalue weighted by Crippen LogP contribution is -2.17. The van der Waals surface area contributed by atoms with Crippen LogP contribution < -0.4 is 14.3 Å². The molecule has 0 saturated carbocycles. The van der Waals surface area contributed by atoms with Crippen molar-refractivity contribution in [2.24, 2.45) is 4.99 Å². The van der Waals surface area contributed by atoms with Crippen molar-refractivity contribution in [2.75, 3.05) is 26.2 Å². The molecule has 0 radical (unpaired) electrons. The number of carbonyl (C=O) groups excluding carboxylic acids is 1. The predicted octanol–water partition coefficient (Wildman–Crippen LogP) is 4.13. The number of benzene rings is 2. The van der Waals surface area contributed by atoms with Crippen molar-refractivity contribution in [1.29, 1.82) is 0 Å². The molecule has 0 aliphatic rings. The molecule has 8 nitrogen and oxygen atoms in total. The van der Waals surface area contributed by atoms with E-state index in [-0.39, 0.29) is 5.69 Å². The number of nitro benzene ring substituents is 1. The van der Waals surface area contributed by atoms with E-state index in [1.54, 1.807) is 44.2 Å². The number of nitrogens with zero attached hydrogens (tertiary/aromatic N) is 3. The van der Waals surface area contributed by atoms with E-state index in [1.165, 1.54) is 29.5 Å². The van der Waals surface area contributed by atoms with Crippen LogP contribution in [0, 0.1) is 10.1 Å². The summed E-state index contributed by atoms with van der Waals surface area (Å²) in [4.78, 5) is 27.6. The Labute approximate surface area is 187 Å². The van der Waals surface area contributed by atoms with E-state index in [2.05, 4.69) is 4.99 Å². The fourth-order valence-corrected chi connectivity index (χ4v) is 4.32. The molecule has 3 aromatic rings. The van der Waals surface area contributed by atoms with Gasteiger partial charge in [-0.3, -0.25) is 14.9 Å². The minimum absolute atomic E-state index is 0.000804. The minimum Gasteiger partial charge on any atom is -0.493 e. The topological polar surface area (TPSA) is 96.0 Å². The van der Waals surface area contributed by atoms with E-state index in [0.29, 0.717) is 28.4 Å². The Hall–Kier alpha value is -3.11. The van der Waals surface area contributed by atoms with Gasteiger partial charge in [0.05, 0.1) is 29.4 Å². The highest BCUT2D eigenvalue weighted by Crippen LogP contribution is 2.33. The van der Waals surface area contributed by atoms with E-state index in [9.17, 15) is 14.9 Å². The highest BCUT2D eigenvalue weighted by atomic mass is 32.2. The number of aromatic nitrogens is 1. The van der Waals surface area contributed by atoms with Crippen LogP contribution in [0.5, 0.6) is 11.5 Å². The molecule has 1 aromatic heterocycles. The third-order valence-corrected chi connectivity index (χ3v) is 6.07. The number of rotatable bonds is 8. The van der Waals surface area contributed by atoms with Crippen molar-refractivity contribution in [3.63, 3.8) is 0 Å². The molecule has 10 heteroatoms. The molecule has 3 rings (SSSR count). The molecule has 0 unspecified atom stereocenters. The summed E-state index contributed by atoms with van der Waals surface area (Å²) in [5.74, 6) is 1.67. The zero-order chi connectivity index (χ0) is 22.4. The Morgan fingerprint density at radius 2 is 1.90 bits per heavy atom. The van der Waals surface area contributed by atoms with Crippen molar-refractivity contribution in [3.8, 4) is 11.5 Å². The number of nitro groups is 1. The number of carbonyl (C=O) groups is 1. The fourth-order valence-electron chi connectivity index (χ4n) is 2.89. The van der Waals surface area contributed by atoms with Gasteiger partial charge in [0, 0.05) is 42.6 Å². The highest BCUT2D eigenvalue weighted by molar-refractivity contribution is 7.98. The standard InChI is InChI=1S/C21H21N3O5S2/c1-28-17-12-16-19(13-18(17)29-2)31-21(23(16)10-11-30-3)22-20(25)9-6-14-4-7-15(8-5-14)24(26)27/h4-9,12-13H,10-11H2,1-3H3. The minimum atomic E-state index is -0.466. The molecule has 0 N–H and O–H groups in total. The summed E-state index contributed by atoms with van der Waals surface area (Å²) in [5, 5.41) is 10.7. The van der Waals surface area contributed by atoms with Crippen molar-refractivity contribution in [2.45, 2.75) is 6.54 Å². The molecule has 0 aliphatic carbocycles. The molecule has 0 spiro atoms. The third-order valence-electron chi connectivity index (χ3n) is 4.44. The summed E-state index contributed by atoms with van der Waals surface area (Å²) >= 11 is 3.10. The second-order valence-corrected chi connectivity index (χ2v) is 8.33. The van der Waals surface area contributed by atoms with Gasteiger partial charge < -0.3 is 14.0 Å². The number of fused-ring (bicyclic) bond motifs is 1. The largest absolute Gasteiger partial charge is 0.493 e. The first-order chi connectivity index (χ1) is 15.0. The lowest BCUT2D eigenvalue weighted by molar-refractivity contribution is -0.384. The maximum atomic E-state index is 12.5. The molecule has 2 aromatic carbocycles. The SMILES string of the molecule is COc1cc2sc(=NC(=O)C=Cc3ccc([N+](=O)[O-])cc3)n(CCSC)c2cc1OC. The monoisotopic (exact) mass is 459 g/mol. The summed E-state index contributed by atoms with van der Waals surface area (Å²) < 4.78 is 13.7. The molecule has 162 valence electrons. The van der Waals surface area contributed by atoms with Gasteiger partial charge in [0.15, 0.2) is 16.3 Å². The number of thioether (sulfide) groups is 1. The number of amides is 1. The molecule has 1 heterocycles. The number of hydrogen-bond acceptors (Lipinski definition) is 7. The molecule has 0 atom stereocenters. The zero-order valence-electron chi connectivity index (χ0n) is 17.2. The van der Waals surface area contributed by atoms with E-state index in [0.717, 1.165) is 16.0 Å². The Morgan fingerprint density at radius 3 is 2.52 bits per heavy atom. The first kappa shape index (κ1) is 22.6. The van der Waals surface area contributed by atoms with Gasteiger partial charge >= 0.3 is 0 Å². The van der Waals surface area contributed by atoms with Crippen molar-refractivity contribution in [3.05, 3.63) is 63.0 Å².